The number of primary sulfonamides is 1. The van der Waals surface area contributed by atoms with Gasteiger partial charge in [-0.25, -0.2) is 13.6 Å². The van der Waals surface area contributed by atoms with Gasteiger partial charge in [0.15, 0.2) is 11.5 Å². The van der Waals surface area contributed by atoms with Gasteiger partial charge >= 0.3 is 6.18 Å². The highest BCUT2D eigenvalue weighted by Crippen LogP contribution is 2.37. The summed E-state index contributed by atoms with van der Waals surface area (Å²) in [5, 5.41) is 7.56. The van der Waals surface area contributed by atoms with Crippen molar-refractivity contribution in [3.8, 4) is 17.2 Å². The van der Waals surface area contributed by atoms with E-state index in [1.54, 1.807) is 18.2 Å². The largest absolute Gasteiger partial charge is 0.490 e. The minimum Gasteiger partial charge on any atom is -0.490 e. The number of hydrogen-bond donors (Lipinski definition) is 2. The van der Waals surface area contributed by atoms with Crippen LogP contribution in [0.4, 0.5) is 18.9 Å². The number of nitrogens with one attached hydrogen (secondary N) is 1. The molecular formula is C23H21F3N2O5S. The first-order valence-corrected chi connectivity index (χ1v) is 11.6. The average Bonchev–Trinajstić information content (AvgIpc) is 2.77. The van der Waals surface area contributed by atoms with Gasteiger partial charge in [0.25, 0.3) is 5.91 Å². The van der Waals surface area contributed by atoms with Crippen molar-refractivity contribution in [1.29, 1.82) is 0 Å². The summed E-state index contributed by atoms with van der Waals surface area (Å²) in [6.45, 7) is 2.25. The van der Waals surface area contributed by atoms with Gasteiger partial charge in [0.05, 0.1) is 22.6 Å². The van der Waals surface area contributed by atoms with Crippen LogP contribution in [0.25, 0.3) is 0 Å². The molecule has 0 spiro atoms. The lowest BCUT2D eigenvalue weighted by atomic mass is 10.1. The van der Waals surface area contributed by atoms with Gasteiger partial charge in [0, 0.05) is 5.69 Å². The minimum absolute atomic E-state index is 0.0778. The highest BCUT2D eigenvalue weighted by molar-refractivity contribution is 7.89. The lowest BCUT2D eigenvalue weighted by molar-refractivity contribution is -0.137. The molecule has 0 aromatic heterocycles. The van der Waals surface area contributed by atoms with Crippen molar-refractivity contribution < 1.29 is 35.9 Å². The van der Waals surface area contributed by atoms with E-state index in [0.29, 0.717) is 24.8 Å². The van der Waals surface area contributed by atoms with E-state index in [4.69, 9.17) is 14.6 Å². The van der Waals surface area contributed by atoms with E-state index < -0.39 is 27.7 Å². The number of carbonyl (C=O) groups is 1. The van der Waals surface area contributed by atoms with E-state index in [9.17, 15) is 26.4 Å². The molecule has 0 aliphatic carbocycles. The highest BCUT2D eigenvalue weighted by atomic mass is 32.2. The monoisotopic (exact) mass is 494 g/mol. The summed E-state index contributed by atoms with van der Waals surface area (Å²) in [5.74, 6) is -0.751. The standard InChI is InChI=1S/C23H21F3N2O5S/c1-2-12-32-19-8-3-4-9-20(19)33-21-13-15(23(24,25)26)10-11-18(21)22(29)28-16-6-5-7-17(14-16)34(27,30)31/h3-11,13-14H,2,12H2,1H3,(H,28,29)(H2,27,30,31). The topological polar surface area (TPSA) is 108 Å². The third kappa shape index (κ3) is 6.27. The van der Waals surface area contributed by atoms with Crippen LogP contribution in [-0.4, -0.2) is 20.9 Å². The number of hydrogen-bond acceptors (Lipinski definition) is 5. The summed E-state index contributed by atoms with van der Waals surface area (Å²) < 4.78 is 74.4. The molecule has 180 valence electrons. The Hall–Kier alpha value is -3.57. The molecule has 0 saturated heterocycles. The molecule has 0 unspecified atom stereocenters. The predicted molar refractivity (Wildman–Crippen MR) is 120 cm³/mol. The molecule has 3 rings (SSSR count). The Morgan fingerprint density at radius 1 is 0.971 bits per heavy atom. The second-order valence-corrected chi connectivity index (χ2v) is 8.69. The minimum atomic E-state index is -4.67. The zero-order valence-electron chi connectivity index (χ0n) is 17.9. The first kappa shape index (κ1) is 25.1. The molecule has 0 aliphatic heterocycles. The first-order valence-electron chi connectivity index (χ1n) is 10.0. The van der Waals surface area contributed by atoms with Crippen molar-refractivity contribution in [3.63, 3.8) is 0 Å². The molecule has 0 aliphatic rings. The number of ether oxygens (including phenoxy) is 2. The normalized spacial score (nSPS) is 11.7. The zero-order valence-corrected chi connectivity index (χ0v) is 18.7. The van der Waals surface area contributed by atoms with E-state index in [1.165, 1.54) is 24.3 Å². The number of nitrogens with two attached hydrogens (primary N) is 1. The van der Waals surface area contributed by atoms with Crippen molar-refractivity contribution in [3.05, 3.63) is 77.9 Å². The number of benzene rings is 3. The second kappa shape index (κ2) is 10.1. The van der Waals surface area contributed by atoms with Crippen molar-refractivity contribution in [1.82, 2.24) is 0 Å². The zero-order chi connectivity index (χ0) is 24.9. The second-order valence-electron chi connectivity index (χ2n) is 7.13. The van der Waals surface area contributed by atoms with Crippen LogP contribution in [0.2, 0.25) is 0 Å². The Morgan fingerprint density at radius 3 is 2.32 bits per heavy atom. The van der Waals surface area contributed by atoms with Gasteiger partial charge in [-0.1, -0.05) is 25.1 Å². The predicted octanol–water partition coefficient (Wildman–Crippen LogP) is 5.19. The van der Waals surface area contributed by atoms with Crippen molar-refractivity contribution in [2.75, 3.05) is 11.9 Å². The average molecular weight is 494 g/mol. The van der Waals surface area contributed by atoms with E-state index in [-0.39, 0.29) is 27.6 Å². The number of para-hydroxylation sites is 2. The molecular weight excluding hydrogens is 473 g/mol. The van der Waals surface area contributed by atoms with Gasteiger partial charge in [0.2, 0.25) is 10.0 Å². The number of halogens is 3. The SMILES string of the molecule is CCCOc1ccccc1Oc1cc(C(F)(F)F)ccc1C(=O)Nc1cccc(S(N)(=O)=O)c1. The van der Waals surface area contributed by atoms with Crippen LogP contribution in [0, 0.1) is 0 Å². The Morgan fingerprint density at radius 2 is 1.68 bits per heavy atom. The first-order chi connectivity index (χ1) is 16.0. The van der Waals surface area contributed by atoms with Crippen LogP contribution >= 0.6 is 0 Å². The Labute approximate surface area is 194 Å². The molecule has 1 amide bonds. The van der Waals surface area contributed by atoms with Gasteiger partial charge in [-0.05, 0) is 55.0 Å². The summed E-state index contributed by atoms with van der Waals surface area (Å²) in [5.41, 5.74) is -1.14. The van der Waals surface area contributed by atoms with Gasteiger partial charge in [-0.15, -0.1) is 0 Å². The Bertz CT molecular complexity index is 1290. The number of rotatable bonds is 8. The molecule has 0 radical (unpaired) electrons. The summed E-state index contributed by atoms with van der Waals surface area (Å²) >= 11 is 0. The summed E-state index contributed by atoms with van der Waals surface area (Å²) in [6, 6.07) is 14.0. The summed E-state index contributed by atoms with van der Waals surface area (Å²) in [6.07, 6.45) is -3.97. The molecule has 0 saturated carbocycles. The van der Waals surface area contributed by atoms with Crippen LogP contribution in [0.1, 0.15) is 29.3 Å². The summed E-state index contributed by atoms with van der Waals surface area (Å²) in [7, 11) is -4.02. The van der Waals surface area contributed by atoms with Gasteiger partial charge in [-0.3, -0.25) is 4.79 Å². The lowest BCUT2D eigenvalue weighted by Gasteiger charge is -2.16. The fourth-order valence-electron chi connectivity index (χ4n) is 2.90. The molecule has 0 heterocycles. The molecule has 3 aromatic carbocycles. The quantitative estimate of drug-likeness (QED) is 0.448. The molecule has 3 N–H and O–H groups in total. The van der Waals surface area contributed by atoms with Crippen LogP contribution in [0.3, 0.4) is 0 Å². The number of amides is 1. The highest BCUT2D eigenvalue weighted by Gasteiger charge is 2.32. The van der Waals surface area contributed by atoms with Crippen LogP contribution in [0.15, 0.2) is 71.6 Å². The molecule has 7 nitrogen and oxygen atoms in total. The van der Waals surface area contributed by atoms with E-state index >= 15 is 0 Å². The molecule has 34 heavy (non-hydrogen) atoms. The van der Waals surface area contributed by atoms with Crippen LogP contribution in [-0.2, 0) is 16.2 Å². The Kier molecular flexibility index (Phi) is 7.48. The maximum Gasteiger partial charge on any atom is 0.416 e. The summed E-state index contributed by atoms with van der Waals surface area (Å²) in [4.78, 5) is 12.7. The number of sulfonamides is 1. The van der Waals surface area contributed by atoms with Crippen LogP contribution < -0.4 is 19.9 Å². The fraction of sp³-hybridized carbons (Fsp3) is 0.174. The number of carbonyl (C=O) groups excluding carboxylic acids is 1. The van der Waals surface area contributed by atoms with E-state index in [2.05, 4.69) is 5.32 Å². The lowest BCUT2D eigenvalue weighted by Crippen LogP contribution is -2.16. The van der Waals surface area contributed by atoms with Crippen molar-refractivity contribution in [2.45, 2.75) is 24.4 Å². The van der Waals surface area contributed by atoms with Gasteiger partial charge in [0.1, 0.15) is 5.75 Å². The van der Waals surface area contributed by atoms with Crippen molar-refractivity contribution >= 4 is 21.6 Å². The molecule has 11 heteroatoms. The third-order valence-electron chi connectivity index (χ3n) is 4.50. The molecule has 3 aromatic rings. The van der Waals surface area contributed by atoms with Gasteiger partial charge < -0.3 is 14.8 Å². The molecule has 0 bridgehead atoms. The number of alkyl halides is 3. The third-order valence-corrected chi connectivity index (χ3v) is 5.42. The van der Waals surface area contributed by atoms with E-state index in [1.807, 2.05) is 6.92 Å². The smallest absolute Gasteiger partial charge is 0.416 e. The maximum absolute atomic E-state index is 13.3. The molecule has 0 fully saturated rings. The van der Waals surface area contributed by atoms with Crippen LogP contribution in [0.5, 0.6) is 17.2 Å². The van der Waals surface area contributed by atoms with Crippen molar-refractivity contribution in [2.24, 2.45) is 5.14 Å². The van der Waals surface area contributed by atoms with E-state index in [0.717, 1.165) is 18.2 Å². The maximum atomic E-state index is 13.3. The Balaban J connectivity index is 1.99. The molecule has 0 atom stereocenters. The fourth-order valence-corrected chi connectivity index (χ4v) is 3.46. The number of anilines is 1. The van der Waals surface area contributed by atoms with Gasteiger partial charge in [-0.2, -0.15) is 13.2 Å².